The van der Waals surface area contributed by atoms with Crippen molar-refractivity contribution in [3.05, 3.63) is 35.6 Å². The van der Waals surface area contributed by atoms with Crippen LogP contribution in [0.5, 0.6) is 0 Å². The van der Waals surface area contributed by atoms with Crippen LogP contribution in [0.3, 0.4) is 0 Å². The minimum Gasteiger partial charge on any atom is -0.378 e. The minimum absolute atomic E-state index is 0. The smallest absolute Gasteiger partial charge is 0.191 e. The monoisotopic (exact) mass is 435 g/mol. The van der Waals surface area contributed by atoms with Gasteiger partial charge in [-0.05, 0) is 31.0 Å². The van der Waals surface area contributed by atoms with E-state index in [9.17, 15) is 4.39 Å². The van der Waals surface area contributed by atoms with E-state index in [0.29, 0.717) is 6.54 Å². The second kappa shape index (κ2) is 7.79. The Balaban J connectivity index is 0.00000264. The van der Waals surface area contributed by atoms with Gasteiger partial charge in [0.05, 0.1) is 5.60 Å². The normalized spacial score (nSPS) is 26.0. The van der Waals surface area contributed by atoms with E-state index < -0.39 is 0 Å². The fraction of sp³-hybridized carbons (Fsp3) is 0.588. The molecule has 0 radical (unpaired) electrons. The zero-order valence-electron chi connectivity index (χ0n) is 14.4. The maximum atomic E-state index is 13.2. The van der Waals surface area contributed by atoms with Gasteiger partial charge in [-0.2, -0.15) is 0 Å². The van der Waals surface area contributed by atoms with Gasteiger partial charge in [-0.1, -0.05) is 26.0 Å². The maximum Gasteiger partial charge on any atom is 0.191 e. The van der Waals surface area contributed by atoms with E-state index in [1.807, 2.05) is 6.07 Å². The summed E-state index contributed by atoms with van der Waals surface area (Å²) in [6, 6.07) is 6.85. The molecule has 1 aliphatic carbocycles. The molecule has 4 nitrogen and oxygen atoms in total. The Morgan fingerprint density at radius 2 is 2.09 bits per heavy atom. The Hall–Kier alpha value is -0.890. The SMILES string of the molecule is CN=C(NCc1cccc(F)c1)NC1CC(C)(OC)C1(C)C.I. The Kier molecular flexibility index (Phi) is 6.82. The lowest BCUT2D eigenvalue weighted by Gasteiger charge is -2.59. The Labute approximate surface area is 155 Å². The van der Waals surface area contributed by atoms with Crippen molar-refractivity contribution in [2.45, 2.75) is 45.4 Å². The maximum absolute atomic E-state index is 13.2. The average molecular weight is 435 g/mol. The largest absolute Gasteiger partial charge is 0.378 e. The molecular formula is C17H27FIN3O. The van der Waals surface area contributed by atoms with Gasteiger partial charge < -0.3 is 15.4 Å². The van der Waals surface area contributed by atoms with Crippen LogP contribution in [0, 0.1) is 11.2 Å². The fourth-order valence-electron chi connectivity index (χ4n) is 2.92. The number of methoxy groups -OCH3 is 1. The lowest BCUT2D eigenvalue weighted by Crippen LogP contribution is -2.69. The molecule has 0 aliphatic heterocycles. The van der Waals surface area contributed by atoms with E-state index in [0.717, 1.165) is 17.9 Å². The summed E-state index contributed by atoms with van der Waals surface area (Å²) in [6.07, 6.45) is 0.928. The van der Waals surface area contributed by atoms with Crippen molar-refractivity contribution in [2.75, 3.05) is 14.2 Å². The fourth-order valence-corrected chi connectivity index (χ4v) is 2.92. The van der Waals surface area contributed by atoms with Crippen molar-refractivity contribution in [2.24, 2.45) is 10.4 Å². The quantitative estimate of drug-likeness (QED) is 0.434. The summed E-state index contributed by atoms with van der Waals surface area (Å²) in [5, 5.41) is 6.66. The molecule has 1 fully saturated rings. The lowest BCUT2D eigenvalue weighted by molar-refractivity contribution is -0.176. The highest BCUT2D eigenvalue weighted by Gasteiger charge is 2.58. The van der Waals surface area contributed by atoms with E-state index in [4.69, 9.17) is 4.74 Å². The highest BCUT2D eigenvalue weighted by atomic mass is 127. The van der Waals surface area contributed by atoms with Crippen molar-refractivity contribution in [1.82, 2.24) is 10.6 Å². The van der Waals surface area contributed by atoms with Crippen LogP contribution in [0.2, 0.25) is 0 Å². The van der Waals surface area contributed by atoms with Gasteiger partial charge in [-0.15, -0.1) is 24.0 Å². The highest BCUT2D eigenvalue weighted by Crippen LogP contribution is 2.51. The number of rotatable bonds is 4. The van der Waals surface area contributed by atoms with E-state index >= 15 is 0 Å². The van der Waals surface area contributed by atoms with Crippen LogP contribution in [-0.4, -0.2) is 31.8 Å². The van der Waals surface area contributed by atoms with Crippen molar-refractivity contribution < 1.29 is 9.13 Å². The summed E-state index contributed by atoms with van der Waals surface area (Å²) in [4.78, 5) is 4.25. The van der Waals surface area contributed by atoms with Crippen LogP contribution in [0.25, 0.3) is 0 Å². The Morgan fingerprint density at radius 3 is 2.61 bits per heavy atom. The number of ether oxygens (including phenoxy) is 1. The van der Waals surface area contributed by atoms with Crippen LogP contribution >= 0.6 is 24.0 Å². The first-order valence-electron chi connectivity index (χ1n) is 7.59. The van der Waals surface area contributed by atoms with Gasteiger partial charge in [0, 0.05) is 32.2 Å². The van der Waals surface area contributed by atoms with Gasteiger partial charge in [0.25, 0.3) is 0 Å². The van der Waals surface area contributed by atoms with Gasteiger partial charge in [-0.3, -0.25) is 4.99 Å². The Bertz CT molecular complexity index is 565. The molecule has 1 aromatic rings. The first-order chi connectivity index (χ1) is 10.3. The molecule has 1 saturated carbocycles. The van der Waals surface area contributed by atoms with Crippen LogP contribution in [-0.2, 0) is 11.3 Å². The second-order valence-electron chi connectivity index (χ2n) is 6.61. The van der Waals surface area contributed by atoms with E-state index in [1.165, 1.54) is 12.1 Å². The van der Waals surface area contributed by atoms with Crippen molar-refractivity contribution in [3.8, 4) is 0 Å². The van der Waals surface area contributed by atoms with Crippen LogP contribution in [0.1, 0.15) is 32.8 Å². The minimum atomic E-state index is -0.224. The summed E-state index contributed by atoms with van der Waals surface area (Å²) in [6.45, 7) is 7.05. The molecule has 2 unspecified atom stereocenters. The van der Waals surface area contributed by atoms with E-state index in [2.05, 4.69) is 36.4 Å². The van der Waals surface area contributed by atoms with Gasteiger partial charge in [0.15, 0.2) is 5.96 Å². The van der Waals surface area contributed by atoms with E-state index in [1.54, 1.807) is 20.2 Å². The van der Waals surface area contributed by atoms with Crippen molar-refractivity contribution in [3.63, 3.8) is 0 Å². The molecule has 0 saturated heterocycles. The molecule has 2 atom stereocenters. The number of benzene rings is 1. The molecule has 0 aromatic heterocycles. The predicted molar refractivity (Wildman–Crippen MR) is 103 cm³/mol. The third kappa shape index (κ3) is 4.15. The molecule has 0 amide bonds. The number of hydrogen-bond donors (Lipinski definition) is 2. The summed E-state index contributed by atoms with van der Waals surface area (Å²) in [7, 11) is 3.50. The third-order valence-corrected chi connectivity index (χ3v) is 5.16. The summed E-state index contributed by atoms with van der Waals surface area (Å²) in [5.41, 5.74) is 0.780. The molecule has 2 N–H and O–H groups in total. The summed E-state index contributed by atoms with van der Waals surface area (Å²) < 4.78 is 18.8. The van der Waals surface area contributed by atoms with Crippen LogP contribution < -0.4 is 10.6 Å². The molecular weight excluding hydrogens is 408 g/mol. The highest BCUT2D eigenvalue weighted by molar-refractivity contribution is 14.0. The number of aliphatic imine (C=N–C) groups is 1. The molecule has 23 heavy (non-hydrogen) atoms. The number of hydrogen-bond acceptors (Lipinski definition) is 2. The van der Waals surface area contributed by atoms with E-state index in [-0.39, 0.29) is 46.9 Å². The average Bonchev–Trinajstić information content (AvgIpc) is 2.50. The number of halogens is 2. The van der Waals surface area contributed by atoms with Gasteiger partial charge >= 0.3 is 0 Å². The van der Waals surface area contributed by atoms with Crippen LogP contribution in [0.4, 0.5) is 4.39 Å². The van der Waals surface area contributed by atoms with Crippen LogP contribution in [0.15, 0.2) is 29.3 Å². The molecule has 0 spiro atoms. The second-order valence-corrected chi connectivity index (χ2v) is 6.61. The van der Waals surface area contributed by atoms with Gasteiger partial charge in [0.1, 0.15) is 5.82 Å². The molecule has 1 aromatic carbocycles. The number of nitrogens with zero attached hydrogens (tertiary/aromatic N) is 1. The molecule has 6 heteroatoms. The lowest BCUT2D eigenvalue weighted by atomic mass is 9.56. The molecule has 130 valence electrons. The predicted octanol–water partition coefficient (Wildman–Crippen LogP) is 3.31. The molecule has 2 rings (SSSR count). The molecule has 1 aliphatic rings. The van der Waals surface area contributed by atoms with Crippen molar-refractivity contribution in [1.29, 1.82) is 0 Å². The third-order valence-electron chi connectivity index (χ3n) is 5.16. The summed E-state index contributed by atoms with van der Waals surface area (Å²) in [5.74, 6) is 0.499. The number of nitrogens with one attached hydrogen (secondary N) is 2. The zero-order chi connectivity index (χ0) is 16.4. The zero-order valence-corrected chi connectivity index (χ0v) is 16.8. The molecule has 0 bridgehead atoms. The number of guanidine groups is 1. The first-order valence-corrected chi connectivity index (χ1v) is 7.59. The topological polar surface area (TPSA) is 45.7 Å². The summed E-state index contributed by atoms with van der Waals surface area (Å²) >= 11 is 0. The first kappa shape index (κ1) is 20.2. The van der Waals surface area contributed by atoms with Crippen molar-refractivity contribution >= 4 is 29.9 Å². The standard InChI is InChI=1S/C17H26FN3O.HI/c1-16(2)14(10-17(16,3)22-5)21-15(19-4)20-11-12-7-6-8-13(18)9-12;/h6-9,14H,10-11H2,1-5H3,(H2,19,20,21);1H. The van der Waals surface area contributed by atoms with Gasteiger partial charge in [0.2, 0.25) is 0 Å². The van der Waals surface area contributed by atoms with Gasteiger partial charge in [-0.25, -0.2) is 4.39 Å². The Morgan fingerprint density at radius 1 is 1.39 bits per heavy atom. The molecule has 0 heterocycles.